The molecule has 448 valence electrons. The van der Waals surface area contributed by atoms with Crippen molar-refractivity contribution in [1.29, 1.82) is 0 Å². The van der Waals surface area contributed by atoms with Crippen LogP contribution in [0.25, 0.3) is 0 Å². The van der Waals surface area contributed by atoms with E-state index in [0.717, 1.165) is 64.2 Å². The molecule has 0 spiro atoms. The Balaban J connectivity index is 0.000000900. The molecule has 6 rings (SSSR count). The molecule has 20 nitrogen and oxygen atoms in total. The third-order valence-electron chi connectivity index (χ3n) is 15.5. The summed E-state index contributed by atoms with van der Waals surface area (Å²) in [4.78, 5) is 108. The van der Waals surface area contributed by atoms with Crippen LogP contribution >= 0.6 is 9.24 Å². The molecule has 4 fully saturated rings. The Bertz CT molecular complexity index is 2080. The summed E-state index contributed by atoms with van der Waals surface area (Å²) in [5.74, 6) is -0.778. The van der Waals surface area contributed by atoms with Crippen molar-refractivity contribution in [3.05, 3.63) is 72.3 Å². The molecule has 2 aromatic rings. The summed E-state index contributed by atoms with van der Waals surface area (Å²) in [6.07, 6.45) is 16.7. The van der Waals surface area contributed by atoms with E-state index in [4.69, 9.17) is 0 Å². The molecule has 2 heterocycles. The van der Waals surface area contributed by atoms with Crippen LogP contribution in [-0.4, -0.2) is 176 Å². The lowest BCUT2D eigenvalue weighted by Crippen LogP contribution is -2.58. The minimum absolute atomic E-state index is 0.0100. The van der Waals surface area contributed by atoms with Crippen LogP contribution in [0.2, 0.25) is 0 Å². The van der Waals surface area contributed by atoms with Crippen LogP contribution in [0.5, 0.6) is 0 Å². The topological polar surface area (TPSA) is 260 Å². The maximum absolute atomic E-state index is 14.1. The van der Waals surface area contributed by atoms with Gasteiger partial charge in [-0.2, -0.15) is 0 Å². The highest BCUT2D eigenvalue weighted by molar-refractivity contribution is 7.16. The second-order valence-electron chi connectivity index (χ2n) is 21.2. The van der Waals surface area contributed by atoms with Crippen LogP contribution in [-0.2, 0) is 28.8 Å². The molecule has 0 radical (unpaired) electrons. The summed E-state index contributed by atoms with van der Waals surface area (Å²) in [6.45, 7) is 9.40. The normalized spacial score (nSPS) is 20.3. The van der Waals surface area contributed by atoms with E-state index in [1.165, 1.54) is 43.2 Å². The maximum Gasteiger partial charge on any atom is 0.317 e. The number of carbonyl (C=O) groups is 8. The molecule has 0 aromatic heterocycles. The monoisotopic (exact) mass is 1130 g/mol. The molecule has 9 atom stereocenters. The van der Waals surface area contributed by atoms with Crippen molar-refractivity contribution >= 4 is 57.8 Å². The van der Waals surface area contributed by atoms with Crippen molar-refractivity contribution in [1.82, 2.24) is 56.8 Å². The van der Waals surface area contributed by atoms with Crippen LogP contribution < -0.4 is 43.0 Å². The Labute approximate surface area is 479 Å². The van der Waals surface area contributed by atoms with Crippen LogP contribution in [0.4, 0.5) is 9.59 Å². The van der Waals surface area contributed by atoms with Gasteiger partial charge in [0.2, 0.25) is 36.4 Å². The van der Waals surface area contributed by atoms with Gasteiger partial charge in [0.05, 0.1) is 12.6 Å². The Morgan fingerprint density at radius 3 is 1.94 bits per heavy atom. The van der Waals surface area contributed by atoms with Gasteiger partial charge in [-0.05, 0) is 111 Å². The summed E-state index contributed by atoms with van der Waals surface area (Å²) in [6, 6.07) is 20.1. The molecule has 0 bridgehead atoms. The average molecular weight is 1140 g/mol. The van der Waals surface area contributed by atoms with E-state index in [0.29, 0.717) is 64.4 Å². The Hall–Kier alpha value is -5.85. The zero-order valence-electron chi connectivity index (χ0n) is 48.9. The average Bonchev–Trinajstić information content (AvgIpc) is 4.34. The number of unbranched alkanes of at least 4 members (excludes halogenated alkanes) is 3. The first-order chi connectivity index (χ1) is 38.7. The molecule has 2 aromatic carbocycles. The van der Waals surface area contributed by atoms with Crippen LogP contribution in [0.3, 0.4) is 0 Å². The molecule has 2 saturated heterocycles. The fraction of sp³-hybridized carbons (Fsp3) is 0.661. The van der Waals surface area contributed by atoms with E-state index in [1.807, 2.05) is 73.3 Å². The van der Waals surface area contributed by atoms with Gasteiger partial charge in [0, 0.05) is 81.6 Å². The minimum Gasteiger partial charge on any atom is -0.356 e. The lowest BCUT2D eigenvalue weighted by atomic mass is 9.94. The van der Waals surface area contributed by atoms with Crippen LogP contribution in [0, 0.1) is 0 Å². The van der Waals surface area contributed by atoms with Gasteiger partial charge < -0.3 is 62.6 Å². The van der Waals surface area contributed by atoms with Gasteiger partial charge >= 0.3 is 12.1 Å². The van der Waals surface area contributed by atoms with Crippen molar-refractivity contribution in [2.24, 2.45) is 5.73 Å². The largest absolute Gasteiger partial charge is 0.356 e. The molecule has 2 saturated carbocycles. The van der Waals surface area contributed by atoms with Gasteiger partial charge in [0.1, 0.15) is 12.1 Å². The number of hydrogen-bond donors (Lipinski definition) is 8. The van der Waals surface area contributed by atoms with E-state index in [9.17, 15) is 38.4 Å². The van der Waals surface area contributed by atoms with E-state index in [2.05, 4.69) is 64.3 Å². The molecule has 10 amide bonds. The van der Waals surface area contributed by atoms with Gasteiger partial charge in [0.15, 0.2) is 0 Å². The molecule has 80 heavy (non-hydrogen) atoms. The summed E-state index contributed by atoms with van der Waals surface area (Å²) < 4.78 is 0. The lowest BCUT2D eigenvalue weighted by molar-refractivity contribution is -0.141. The number of urea groups is 2. The van der Waals surface area contributed by atoms with Crippen molar-refractivity contribution in [2.45, 2.75) is 191 Å². The fourth-order valence-corrected chi connectivity index (χ4v) is 11.1. The molecule has 9 N–H and O–H groups in total. The predicted octanol–water partition coefficient (Wildman–Crippen LogP) is 5.19. The standard InChI is InChI=1S/C46H77N10O7P.C6H11NO.C6H6.CH5N/c1-6-41(58)51-39(44(61)55-26-15-20-40(55)43(60)52-38-19-14-18-37(38)35-16-10-9-11-17-35)29-54(31-64)46(63)49-25-13-8-7-12-24-48-45(62)53(28-32(2)50-42(59)34(4)47-5)27-23-36-22-21-33(3)56(36)30-57;8-5-7-6-3-1-2-4-6;1-2-4-6-5-3-1;1-2/h9-11,16-17,30,32-34,36-40,47H,6-8,12-15,18-29,31,64H2,1-5H3,(H,48,62)(H,49,63)(H,50,59)(H,51,58)(H,52,60);5-6H,1-4H2,(H,7,8);1-6H;2H2,1H3/t32?,33?,34?,36-,37?,38+,39+,40+;;;/m1.../s1. The fourth-order valence-electron chi connectivity index (χ4n) is 10.8. The van der Waals surface area contributed by atoms with Crippen molar-refractivity contribution in [3.63, 3.8) is 0 Å². The number of likely N-dealkylation sites (N-methyl/N-ethyl adjacent to an activating group) is 1. The number of benzene rings is 2. The number of rotatable bonds is 27. The van der Waals surface area contributed by atoms with Gasteiger partial charge in [0.25, 0.3) is 0 Å². The SMILES string of the molecule is CCC(=O)N[C@@H](CN(CP)C(=O)NCCCCCCNC(=O)N(CC[C@H]1CCC(C)N1C=O)CC(C)NC(=O)C(C)NC)C(=O)N1CCC[C@H]1C(=O)N[C@H]1CCCC1c1ccccc1.CN.O=CNC1CCCC1.c1ccccc1. The predicted molar refractivity (Wildman–Crippen MR) is 319 cm³/mol. The number of nitrogens with zero attached hydrogens (tertiary/aromatic N) is 4. The number of likely N-dealkylation sites (tertiary alicyclic amines) is 2. The number of amides is 10. The van der Waals surface area contributed by atoms with E-state index in [-0.39, 0.29) is 91.1 Å². The van der Waals surface area contributed by atoms with Crippen molar-refractivity contribution in [3.8, 4) is 0 Å². The number of hydrogen-bond acceptors (Lipinski definition) is 10. The molecule has 4 aliphatic rings. The Kier molecular flexibility index (Phi) is 33.8. The summed E-state index contributed by atoms with van der Waals surface area (Å²) in [7, 11) is 5.74. The lowest BCUT2D eigenvalue weighted by Gasteiger charge is -2.32. The highest BCUT2D eigenvalue weighted by Gasteiger charge is 2.40. The Morgan fingerprint density at radius 1 is 0.750 bits per heavy atom. The quantitative estimate of drug-likeness (QED) is 0.0330. The smallest absolute Gasteiger partial charge is 0.317 e. The summed E-state index contributed by atoms with van der Waals surface area (Å²) in [5.41, 5.74) is 5.70. The van der Waals surface area contributed by atoms with Gasteiger partial charge in [-0.25, -0.2) is 9.59 Å². The number of carbonyl (C=O) groups excluding carboxylic acids is 8. The number of nitrogens with two attached hydrogens (primary N) is 1. The van der Waals surface area contributed by atoms with Gasteiger partial charge in [-0.15, -0.1) is 9.24 Å². The zero-order chi connectivity index (χ0) is 58.7. The van der Waals surface area contributed by atoms with Crippen LogP contribution in [0.1, 0.15) is 148 Å². The van der Waals surface area contributed by atoms with E-state index < -0.39 is 12.1 Å². The van der Waals surface area contributed by atoms with Crippen LogP contribution in [0.15, 0.2) is 66.7 Å². The van der Waals surface area contributed by atoms with E-state index >= 15 is 0 Å². The minimum atomic E-state index is -1.01. The van der Waals surface area contributed by atoms with Crippen molar-refractivity contribution in [2.75, 3.05) is 59.6 Å². The molecular weight excluding hydrogens is 1040 g/mol. The highest BCUT2D eigenvalue weighted by Crippen LogP contribution is 2.35. The molecule has 21 heteroatoms. The number of nitrogens with one attached hydrogen (secondary N) is 7. The summed E-state index contributed by atoms with van der Waals surface area (Å²) in [5, 5.41) is 20.7. The summed E-state index contributed by atoms with van der Waals surface area (Å²) >= 11 is 0. The molecule has 2 aliphatic heterocycles. The zero-order valence-corrected chi connectivity index (χ0v) is 50.0. The third kappa shape index (κ3) is 24.1. The maximum atomic E-state index is 14.1. The Morgan fingerprint density at radius 2 is 1.36 bits per heavy atom. The highest BCUT2D eigenvalue weighted by atomic mass is 31.0. The molecule has 2 aliphatic carbocycles. The first kappa shape index (κ1) is 68.4. The molecular formula is C59H99N12O8P. The third-order valence-corrected chi connectivity index (χ3v) is 15.9. The molecule has 5 unspecified atom stereocenters. The van der Waals surface area contributed by atoms with Crippen molar-refractivity contribution < 1.29 is 38.4 Å². The second-order valence-corrected chi connectivity index (χ2v) is 21.6. The first-order valence-corrected chi connectivity index (χ1v) is 30.2. The van der Waals surface area contributed by atoms with Gasteiger partial charge in [-0.1, -0.05) is 106 Å². The first-order valence-electron chi connectivity index (χ1n) is 29.4. The van der Waals surface area contributed by atoms with Gasteiger partial charge in [-0.3, -0.25) is 28.8 Å². The second kappa shape index (κ2) is 39.5. The van der Waals surface area contributed by atoms with E-state index in [1.54, 1.807) is 30.7 Å².